The Morgan fingerprint density at radius 3 is 1.60 bits per heavy atom. The molecule has 0 heterocycles. The molecule has 0 unspecified atom stereocenters. The average molecular weight is 161 g/mol. The molecule has 0 aliphatic rings. The molecule has 0 aliphatic heterocycles. The van der Waals surface area contributed by atoms with E-state index in [4.69, 9.17) is 0 Å². The highest BCUT2D eigenvalue weighted by Crippen LogP contribution is 2.29. The van der Waals surface area contributed by atoms with Crippen LogP contribution in [0.5, 0.6) is 0 Å². The van der Waals surface area contributed by atoms with Gasteiger partial charge in [-0.3, -0.25) is 0 Å². The number of rotatable bonds is 3. The Morgan fingerprint density at radius 1 is 1.10 bits per heavy atom. The van der Waals surface area contributed by atoms with Gasteiger partial charge in [0, 0.05) is 6.92 Å². The molecule has 10 heavy (non-hydrogen) atoms. The summed E-state index contributed by atoms with van der Waals surface area (Å²) in [6.07, 6.45) is -1.84. The summed E-state index contributed by atoms with van der Waals surface area (Å²) in [5.41, 5.74) is 0. The van der Waals surface area contributed by atoms with Crippen molar-refractivity contribution in [1.29, 1.82) is 0 Å². The topological polar surface area (TPSA) is 0 Å². The first-order valence-corrected chi connectivity index (χ1v) is 2.44. The Balaban J connectivity index is 3.89. The molecule has 0 saturated carbocycles. The second-order valence-corrected chi connectivity index (χ2v) is 2.02. The van der Waals surface area contributed by atoms with Crippen molar-refractivity contribution in [2.45, 2.75) is 18.3 Å². The van der Waals surface area contributed by atoms with Gasteiger partial charge in [-0.05, 0) is 0 Å². The van der Waals surface area contributed by atoms with E-state index >= 15 is 0 Å². The van der Waals surface area contributed by atoms with Crippen LogP contribution in [0.2, 0.25) is 0 Å². The van der Waals surface area contributed by atoms with Crippen LogP contribution in [0.15, 0.2) is 0 Å². The predicted molar refractivity (Wildman–Crippen MR) is 25.8 cm³/mol. The van der Waals surface area contributed by atoms with Crippen LogP contribution in [-0.4, -0.2) is 18.5 Å². The molecule has 0 aromatic carbocycles. The minimum absolute atomic E-state index is 1.84. The smallest absolute Gasteiger partial charge is 0.244 e. The summed E-state index contributed by atoms with van der Waals surface area (Å²) in [6.45, 7) is 0.0522. The normalized spacial score (nSPS) is 13.8. The molecule has 0 aliphatic carbocycles. The highest BCUT2D eigenvalue weighted by atomic mass is 19.3. The van der Waals surface area contributed by atoms with Crippen LogP contribution in [0.1, 0.15) is 6.42 Å². The minimum Gasteiger partial charge on any atom is -0.244 e. The lowest BCUT2D eigenvalue weighted by molar-refractivity contribution is -0.0985. The third-order valence-corrected chi connectivity index (χ3v) is 0.713. The van der Waals surface area contributed by atoms with E-state index in [2.05, 4.69) is 6.92 Å². The van der Waals surface area contributed by atoms with E-state index in [0.29, 0.717) is 0 Å². The van der Waals surface area contributed by atoms with Gasteiger partial charge in [-0.15, -0.1) is 0 Å². The minimum atomic E-state index is -3.95. The fourth-order valence-electron chi connectivity index (χ4n) is 0.426. The second-order valence-electron chi connectivity index (χ2n) is 2.02. The molecule has 61 valence electrons. The number of hydrogen-bond acceptors (Lipinski definition) is 0. The van der Waals surface area contributed by atoms with Crippen LogP contribution in [0.4, 0.5) is 22.0 Å². The maximum Gasteiger partial charge on any atom is 0.281 e. The van der Waals surface area contributed by atoms with Gasteiger partial charge in [-0.25, -0.2) is 22.0 Å². The Kier molecular flexibility index (Phi) is 2.62. The van der Waals surface area contributed by atoms with Crippen molar-refractivity contribution in [2.24, 2.45) is 0 Å². The third kappa shape index (κ3) is 4.52. The lowest BCUT2D eigenvalue weighted by Crippen LogP contribution is -2.28. The van der Waals surface area contributed by atoms with Gasteiger partial charge >= 0.3 is 0 Å². The Bertz CT molecular complexity index is 103. The molecule has 5 heteroatoms. The van der Waals surface area contributed by atoms with Crippen LogP contribution >= 0.6 is 0 Å². The summed E-state index contributed by atoms with van der Waals surface area (Å²) in [6, 6.07) is 0. The lowest BCUT2D eigenvalue weighted by Gasteiger charge is -2.16. The fraction of sp³-hybridized carbons (Fsp3) is 0.800. The van der Waals surface area contributed by atoms with E-state index < -0.39 is 24.9 Å². The average Bonchev–Trinajstić information content (AvgIpc) is 1.60. The summed E-state index contributed by atoms with van der Waals surface area (Å²) in [4.78, 5) is 0. The van der Waals surface area contributed by atoms with E-state index in [1.807, 2.05) is 0 Å². The van der Waals surface area contributed by atoms with Crippen LogP contribution in [0.3, 0.4) is 0 Å². The summed E-state index contributed by atoms with van der Waals surface area (Å²) >= 11 is 0. The Morgan fingerprint density at radius 2 is 1.50 bits per heavy atom. The quantitative estimate of drug-likeness (QED) is 0.557. The fourth-order valence-corrected chi connectivity index (χ4v) is 0.426. The SMILES string of the molecule is [CH2]C(F)(F)CC(F)(F)CF. The molecule has 0 aromatic rings. The van der Waals surface area contributed by atoms with Gasteiger partial charge in [0.2, 0.25) is 0 Å². The van der Waals surface area contributed by atoms with Crippen molar-refractivity contribution >= 4 is 0 Å². The first-order chi connectivity index (χ1) is 4.27. The molecule has 1 radical (unpaired) electrons. The summed E-state index contributed by atoms with van der Waals surface area (Å²) in [5.74, 6) is -7.71. The Labute approximate surface area is 55.0 Å². The number of alkyl halides is 5. The van der Waals surface area contributed by atoms with Gasteiger partial charge in [0.05, 0.1) is 6.42 Å². The van der Waals surface area contributed by atoms with Gasteiger partial charge in [0.1, 0.15) is 0 Å². The van der Waals surface area contributed by atoms with Gasteiger partial charge in [0.15, 0.2) is 6.67 Å². The zero-order chi connectivity index (χ0) is 8.41. The molecule has 0 rings (SSSR count). The molecule has 0 amide bonds. The highest BCUT2D eigenvalue weighted by molar-refractivity contribution is 4.78. The first-order valence-electron chi connectivity index (χ1n) is 2.44. The van der Waals surface area contributed by atoms with E-state index in [0.717, 1.165) is 0 Å². The predicted octanol–water partition coefficient (Wildman–Crippen LogP) is 2.45. The van der Waals surface area contributed by atoms with Crippen molar-refractivity contribution in [2.75, 3.05) is 6.67 Å². The van der Waals surface area contributed by atoms with Crippen molar-refractivity contribution in [1.82, 2.24) is 0 Å². The zero-order valence-corrected chi connectivity index (χ0v) is 5.01. The molecule has 0 saturated heterocycles. The van der Waals surface area contributed by atoms with Crippen molar-refractivity contribution < 1.29 is 22.0 Å². The largest absolute Gasteiger partial charge is 0.281 e. The van der Waals surface area contributed by atoms with Crippen LogP contribution in [0.25, 0.3) is 0 Å². The van der Waals surface area contributed by atoms with Crippen molar-refractivity contribution in [3.05, 3.63) is 6.92 Å². The molecule has 0 nitrogen and oxygen atoms in total. The van der Waals surface area contributed by atoms with E-state index in [-0.39, 0.29) is 0 Å². The van der Waals surface area contributed by atoms with Gasteiger partial charge in [-0.2, -0.15) is 0 Å². The Hall–Kier alpha value is -0.350. The molecular formula is C5H6F5. The van der Waals surface area contributed by atoms with E-state index in [9.17, 15) is 22.0 Å². The highest BCUT2D eigenvalue weighted by Gasteiger charge is 2.39. The molecule has 0 fully saturated rings. The molecule has 0 spiro atoms. The molecular weight excluding hydrogens is 155 g/mol. The van der Waals surface area contributed by atoms with Crippen LogP contribution in [-0.2, 0) is 0 Å². The molecule has 0 N–H and O–H groups in total. The standard InChI is InChI=1S/C5H6F5/c1-4(7,8)2-5(9,10)3-6/h1-3H2. The van der Waals surface area contributed by atoms with Gasteiger partial charge < -0.3 is 0 Å². The number of halogens is 5. The monoisotopic (exact) mass is 161 g/mol. The molecule has 0 bridgehead atoms. The van der Waals surface area contributed by atoms with E-state index in [1.54, 1.807) is 0 Å². The summed E-state index contributed by atoms with van der Waals surface area (Å²) < 4.78 is 58.0. The lowest BCUT2D eigenvalue weighted by atomic mass is 10.2. The van der Waals surface area contributed by atoms with Gasteiger partial charge in [-0.1, -0.05) is 0 Å². The maximum absolute atomic E-state index is 11.8. The van der Waals surface area contributed by atoms with Crippen LogP contribution in [0, 0.1) is 6.92 Å². The molecule has 0 aromatic heterocycles. The van der Waals surface area contributed by atoms with Crippen LogP contribution < -0.4 is 0 Å². The zero-order valence-electron chi connectivity index (χ0n) is 5.01. The van der Waals surface area contributed by atoms with Crippen molar-refractivity contribution in [3.63, 3.8) is 0 Å². The van der Waals surface area contributed by atoms with Crippen molar-refractivity contribution in [3.8, 4) is 0 Å². The van der Waals surface area contributed by atoms with E-state index in [1.165, 1.54) is 0 Å². The summed E-state index contributed by atoms with van der Waals surface area (Å²) in [7, 11) is 0. The summed E-state index contributed by atoms with van der Waals surface area (Å²) in [5, 5.41) is 0. The third-order valence-electron chi connectivity index (χ3n) is 0.713. The first kappa shape index (κ1) is 9.65. The number of hydrogen-bond donors (Lipinski definition) is 0. The maximum atomic E-state index is 11.8. The second kappa shape index (κ2) is 2.72. The molecule has 0 atom stereocenters. The van der Waals surface area contributed by atoms with Gasteiger partial charge in [0.25, 0.3) is 11.8 Å².